The number of likely N-dealkylation sites (N-methyl/N-ethyl adjacent to an activating group) is 1. The molecule has 0 radical (unpaired) electrons. The zero-order valence-corrected chi connectivity index (χ0v) is 12.0. The standard InChI is InChI=1S/C14H23N5/c1-14(2)10-19(8-7-18(14)3)9-11-5-4-6-17-12(11)13(15)16/h4-6H,7-10H2,1-3H3,(H3,15,16). The van der Waals surface area contributed by atoms with Gasteiger partial charge in [0.25, 0.3) is 0 Å². The number of nitrogens with one attached hydrogen (secondary N) is 1. The topological polar surface area (TPSA) is 69.2 Å². The van der Waals surface area contributed by atoms with E-state index in [1.54, 1.807) is 6.20 Å². The van der Waals surface area contributed by atoms with Crippen molar-refractivity contribution in [2.24, 2.45) is 5.73 Å². The molecule has 3 N–H and O–H groups in total. The first kappa shape index (κ1) is 14.0. The van der Waals surface area contributed by atoms with E-state index in [9.17, 15) is 0 Å². The highest BCUT2D eigenvalue weighted by atomic mass is 15.3. The van der Waals surface area contributed by atoms with Crippen LogP contribution in [0.2, 0.25) is 0 Å². The normalized spacial score (nSPS) is 20.4. The summed E-state index contributed by atoms with van der Waals surface area (Å²) in [5.41, 5.74) is 7.41. The molecule has 0 spiro atoms. The minimum atomic E-state index is 0.0454. The quantitative estimate of drug-likeness (QED) is 0.626. The van der Waals surface area contributed by atoms with Crippen LogP contribution in [0.1, 0.15) is 25.1 Å². The number of rotatable bonds is 3. The Morgan fingerprint density at radius 2 is 2.21 bits per heavy atom. The largest absolute Gasteiger partial charge is 0.382 e. The van der Waals surface area contributed by atoms with Gasteiger partial charge in [0.1, 0.15) is 11.5 Å². The van der Waals surface area contributed by atoms with Crippen molar-refractivity contribution in [3.63, 3.8) is 0 Å². The Kier molecular flexibility index (Phi) is 3.87. The Hall–Kier alpha value is -1.46. The minimum absolute atomic E-state index is 0.0454. The summed E-state index contributed by atoms with van der Waals surface area (Å²) in [5, 5.41) is 7.59. The van der Waals surface area contributed by atoms with E-state index in [1.807, 2.05) is 12.1 Å². The first-order valence-electron chi connectivity index (χ1n) is 6.62. The van der Waals surface area contributed by atoms with Gasteiger partial charge in [-0.3, -0.25) is 20.2 Å². The van der Waals surface area contributed by atoms with Gasteiger partial charge in [0.05, 0.1) is 0 Å². The van der Waals surface area contributed by atoms with Gasteiger partial charge < -0.3 is 5.73 Å². The number of nitrogens with zero attached hydrogens (tertiary/aromatic N) is 3. The van der Waals surface area contributed by atoms with Crippen LogP contribution in [-0.2, 0) is 6.54 Å². The highest BCUT2D eigenvalue weighted by Gasteiger charge is 2.31. The van der Waals surface area contributed by atoms with Crippen LogP contribution in [0, 0.1) is 5.41 Å². The molecule has 0 bridgehead atoms. The van der Waals surface area contributed by atoms with Crippen LogP contribution in [0.4, 0.5) is 0 Å². The zero-order valence-electron chi connectivity index (χ0n) is 12.0. The second-order valence-corrected chi connectivity index (χ2v) is 5.87. The molecule has 0 amide bonds. The molecule has 0 atom stereocenters. The number of pyridine rings is 1. The third kappa shape index (κ3) is 3.11. The highest BCUT2D eigenvalue weighted by Crippen LogP contribution is 2.20. The molecule has 2 rings (SSSR count). The average molecular weight is 261 g/mol. The molecule has 1 aromatic heterocycles. The Morgan fingerprint density at radius 3 is 2.84 bits per heavy atom. The molecular weight excluding hydrogens is 238 g/mol. The zero-order chi connectivity index (χ0) is 14.0. The van der Waals surface area contributed by atoms with Gasteiger partial charge in [0.15, 0.2) is 0 Å². The summed E-state index contributed by atoms with van der Waals surface area (Å²) < 4.78 is 0. The minimum Gasteiger partial charge on any atom is -0.382 e. The molecule has 1 aliphatic heterocycles. The molecule has 1 fully saturated rings. The van der Waals surface area contributed by atoms with Gasteiger partial charge >= 0.3 is 0 Å². The van der Waals surface area contributed by atoms with Crippen molar-refractivity contribution >= 4 is 5.84 Å². The van der Waals surface area contributed by atoms with E-state index in [-0.39, 0.29) is 11.4 Å². The van der Waals surface area contributed by atoms with E-state index in [0.717, 1.165) is 31.7 Å². The maximum Gasteiger partial charge on any atom is 0.142 e. The molecule has 2 heterocycles. The van der Waals surface area contributed by atoms with Gasteiger partial charge in [-0.15, -0.1) is 0 Å². The van der Waals surface area contributed by atoms with Gasteiger partial charge in [0.2, 0.25) is 0 Å². The van der Waals surface area contributed by atoms with E-state index in [4.69, 9.17) is 11.1 Å². The molecule has 0 saturated carbocycles. The highest BCUT2D eigenvalue weighted by molar-refractivity contribution is 5.94. The van der Waals surface area contributed by atoms with E-state index in [1.165, 1.54) is 0 Å². The fraction of sp³-hybridized carbons (Fsp3) is 0.571. The molecule has 5 nitrogen and oxygen atoms in total. The lowest BCUT2D eigenvalue weighted by Gasteiger charge is -2.45. The van der Waals surface area contributed by atoms with Crippen LogP contribution in [0.3, 0.4) is 0 Å². The molecular formula is C14H23N5. The third-order valence-electron chi connectivity index (χ3n) is 3.94. The van der Waals surface area contributed by atoms with E-state index in [0.29, 0.717) is 5.69 Å². The van der Waals surface area contributed by atoms with Crippen LogP contribution in [0.15, 0.2) is 18.3 Å². The van der Waals surface area contributed by atoms with Crippen LogP contribution in [-0.4, -0.2) is 52.8 Å². The summed E-state index contributed by atoms with van der Waals surface area (Å²) in [6, 6.07) is 3.91. The summed E-state index contributed by atoms with van der Waals surface area (Å²) in [5.74, 6) is 0.0454. The summed E-state index contributed by atoms with van der Waals surface area (Å²) in [6.07, 6.45) is 1.69. The first-order valence-corrected chi connectivity index (χ1v) is 6.62. The summed E-state index contributed by atoms with van der Waals surface area (Å²) >= 11 is 0. The fourth-order valence-corrected chi connectivity index (χ4v) is 2.53. The van der Waals surface area contributed by atoms with Gasteiger partial charge in [-0.2, -0.15) is 0 Å². The molecule has 1 saturated heterocycles. The molecule has 1 aliphatic rings. The number of aromatic nitrogens is 1. The first-order chi connectivity index (χ1) is 8.90. The summed E-state index contributed by atoms with van der Waals surface area (Å²) in [6.45, 7) is 8.42. The van der Waals surface area contributed by atoms with Crippen LogP contribution in [0.25, 0.3) is 0 Å². The summed E-state index contributed by atoms with van der Waals surface area (Å²) in [7, 11) is 2.17. The maximum absolute atomic E-state index is 7.59. The fourth-order valence-electron chi connectivity index (χ4n) is 2.53. The summed E-state index contributed by atoms with van der Waals surface area (Å²) in [4.78, 5) is 9.00. The Bertz CT molecular complexity index is 469. The molecule has 1 aromatic rings. The number of piperazine rings is 1. The molecule has 104 valence electrons. The van der Waals surface area contributed by atoms with Crippen LogP contribution in [0.5, 0.6) is 0 Å². The number of amidine groups is 1. The monoisotopic (exact) mass is 261 g/mol. The maximum atomic E-state index is 7.59. The van der Waals surface area contributed by atoms with Crippen molar-refractivity contribution in [2.45, 2.75) is 25.9 Å². The lowest BCUT2D eigenvalue weighted by Crippen LogP contribution is -2.57. The van der Waals surface area contributed by atoms with Crippen molar-refractivity contribution in [1.29, 1.82) is 5.41 Å². The van der Waals surface area contributed by atoms with E-state index >= 15 is 0 Å². The molecule has 0 aliphatic carbocycles. The van der Waals surface area contributed by atoms with Crippen molar-refractivity contribution in [2.75, 3.05) is 26.7 Å². The lowest BCUT2D eigenvalue weighted by atomic mass is 9.99. The van der Waals surface area contributed by atoms with E-state index in [2.05, 4.69) is 35.7 Å². The third-order valence-corrected chi connectivity index (χ3v) is 3.94. The lowest BCUT2D eigenvalue weighted by molar-refractivity contribution is 0.0359. The van der Waals surface area contributed by atoms with Crippen molar-refractivity contribution < 1.29 is 0 Å². The Labute approximate surface area is 114 Å². The van der Waals surface area contributed by atoms with Crippen molar-refractivity contribution in [1.82, 2.24) is 14.8 Å². The average Bonchev–Trinajstić information content (AvgIpc) is 2.34. The van der Waals surface area contributed by atoms with Gasteiger partial charge in [-0.05, 0) is 32.5 Å². The molecule has 19 heavy (non-hydrogen) atoms. The molecule has 0 unspecified atom stereocenters. The predicted octanol–water partition coefficient (Wildman–Crippen LogP) is 0.892. The van der Waals surface area contributed by atoms with Gasteiger partial charge in [-0.25, -0.2) is 0 Å². The number of hydrogen-bond donors (Lipinski definition) is 2. The number of hydrogen-bond acceptors (Lipinski definition) is 4. The van der Waals surface area contributed by atoms with Crippen molar-refractivity contribution in [3.05, 3.63) is 29.6 Å². The van der Waals surface area contributed by atoms with Gasteiger partial charge in [-0.1, -0.05) is 6.07 Å². The van der Waals surface area contributed by atoms with Crippen LogP contribution < -0.4 is 5.73 Å². The van der Waals surface area contributed by atoms with Gasteiger partial charge in [0, 0.05) is 37.9 Å². The smallest absolute Gasteiger partial charge is 0.142 e. The SMILES string of the molecule is CN1CCN(Cc2cccnc2C(=N)N)CC1(C)C. The Morgan fingerprint density at radius 1 is 1.47 bits per heavy atom. The Balaban J connectivity index is 2.12. The van der Waals surface area contributed by atoms with E-state index < -0.39 is 0 Å². The predicted molar refractivity (Wildman–Crippen MR) is 77.2 cm³/mol. The molecule has 0 aromatic carbocycles. The second-order valence-electron chi connectivity index (χ2n) is 5.87. The second kappa shape index (κ2) is 5.27. The van der Waals surface area contributed by atoms with Crippen LogP contribution >= 0.6 is 0 Å². The number of nitrogens with two attached hydrogens (primary N) is 1. The molecule has 5 heteroatoms. The number of nitrogen functional groups attached to an aromatic ring is 1. The van der Waals surface area contributed by atoms with Crippen molar-refractivity contribution in [3.8, 4) is 0 Å².